The van der Waals surface area contributed by atoms with Crippen LogP contribution >= 0.6 is 0 Å². The molecule has 1 saturated heterocycles. The van der Waals surface area contributed by atoms with Crippen LogP contribution in [-0.2, 0) is 16.3 Å². The molecule has 18 heavy (non-hydrogen) atoms. The lowest BCUT2D eigenvalue weighted by Gasteiger charge is -2.05. The maximum Gasteiger partial charge on any atom is 0.160 e. The van der Waals surface area contributed by atoms with Crippen LogP contribution in [0.2, 0.25) is 0 Å². The van der Waals surface area contributed by atoms with Gasteiger partial charge in [0.05, 0.1) is 11.5 Å². The number of rotatable bonds is 2. The molecule has 0 spiro atoms. The van der Waals surface area contributed by atoms with Gasteiger partial charge in [0, 0.05) is 18.3 Å². The van der Waals surface area contributed by atoms with Gasteiger partial charge in [-0.3, -0.25) is 4.40 Å². The summed E-state index contributed by atoms with van der Waals surface area (Å²) in [6.45, 7) is 0. The Bertz CT molecular complexity index is 692. The minimum Gasteiger partial charge on any atom is -0.398 e. The van der Waals surface area contributed by atoms with Crippen molar-refractivity contribution >= 4 is 21.2 Å². The molecular formula is C11H14N4O2S. The molecular weight excluding hydrogens is 252 g/mol. The van der Waals surface area contributed by atoms with Crippen LogP contribution in [0.3, 0.4) is 0 Å². The highest BCUT2D eigenvalue weighted by atomic mass is 32.2. The highest BCUT2D eigenvalue weighted by Crippen LogP contribution is 2.22. The van der Waals surface area contributed by atoms with Crippen molar-refractivity contribution in [3.8, 4) is 0 Å². The highest BCUT2D eigenvalue weighted by Gasteiger charge is 2.29. The van der Waals surface area contributed by atoms with Crippen molar-refractivity contribution < 1.29 is 8.42 Å². The third kappa shape index (κ3) is 2.05. The van der Waals surface area contributed by atoms with Crippen LogP contribution in [0.15, 0.2) is 18.3 Å². The molecule has 0 aromatic carbocycles. The molecule has 1 atom stereocenters. The second kappa shape index (κ2) is 3.94. The molecule has 2 aromatic rings. The summed E-state index contributed by atoms with van der Waals surface area (Å²) in [6, 6.07) is 3.57. The lowest BCUT2D eigenvalue weighted by Crippen LogP contribution is -2.10. The molecule has 96 valence electrons. The fraction of sp³-hybridized carbons (Fsp3) is 0.455. The molecule has 1 fully saturated rings. The Balaban J connectivity index is 1.89. The van der Waals surface area contributed by atoms with Crippen molar-refractivity contribution in [2.75, 3.05) is 17.2 Å². The Morgan fingerprint density at radius 3 is 2.94 bits per heavy atom. The van der Waals surface area contributed by atoms with Gasteiger partial charge in [-0.2, -0.15) is 0 Å². The van der Waals surface area contributed by atoms with E-state index in [1.165, 1.54) is 0 Å². The van der Waals surface area contributed by atoms with Crippen molar-refractivity contribution in [1.29, 1.82) is 0 Å². The van der Waals surface area contributed by atoms with Crippen molar-refractivity contribution in [3.05, 3.63) is 24.2 Å². The van der Waals surface area contributed by atoms with Crippen molar-refractivity contribution in [2.24, 2.45) is 5.92 Å². The number of nitrogens with two attached hydrogens (primary N) is 1. The maximum absolute atomic E-state index is 11.4. The number of sulfone groups is 1. The van der Waals surface area contributed by atoms with Gasteiger partial charge in [-0.05, 0) is 24.5 Å². The molecule has 7 heteroatoms. The third-order valence-corrected chi connectivity index (χ3v) is 5.13. The first kappa shape index (κ1) is 11.5. The third-order valence-electron chi connectivity index (χ3n) is 3.29. The fourth-order valence-corrected chi connectivity index (χ4v) is 4.25. The molecule has 0 radical (unpaired) electrons. The predicted octanol–water partition coefficient (Wildman–Crippen LogP) is 0.289. The van der Waals surface area contributed by atoms with E-state index in [0.29, 0.717) is 18.5 Å². The Morgan fingerprint density at radius 1 is 1.39 bits per heavy atom. The Kier molecular flexibility index (Phi) is 2.51. The van der Waals surface area contributed by atoms with Crippen LogP contribution in [0.1, 0.15) is 12.2 Å². The molecule has 1 unspecified atom stereocenters. The van der Waals surface area contributed by atoms with E-state index >= 15 is 0 Å². The summed E-state index contributed by atoms with van der Waals surface area (Å²) in [5.74, 6) is 1.46. The normalized spacial score (nSPS) is 22.6. The predicted molar refractivity (Wildman–Crippen MR) is 67.9 cm³/mol. The summed E-state index contributed by atoms with van der Waals surface area (Å²) in [5.41, 5.74) is 7.11. The van der Waals surface area contributed by atoms with E-state index in [-0.39, 0.29) is 17.4 Å². The monoisotopic (exact) mass is 266 g/mol. The Labute approximate surface area is 105 Å². The van der Waals surface area contributed by atoms with Gasteiger partial charge in [-0.25, -0.2) is 8.42 Å². The van der Waals surface area contributed by atoms with Crippen LogP contribution in [0, 0.1) is 5.92 Å². The molecule has 3 rings (SSSR count). The lowest BCUT2D eigenvalue weighted by molar-refractivity contribution is 0.566. The average molecular weight is 266 g/mol. The van der Waals surface area contributed by atoms with Crippen LogP contribution < -0.4 is 5.73 Å². The average Bonchev–Trinajstić information content (AvgIpc) is 2.84. The second-order valence-electron chi connectivity index (χ2n) is 4.78. The SMILES string of the molecule is Nc1ccc2nnc(CC3CCS(=O)(=O)C3)n2c1. The summed E-state index contributed by atoms with van der Waals surface area (Å²) < 4.78 is 24.7. The number of nitrogen functional groups attached to an aromatic ring is 1. The topological polar surface area (TPSA) is 90.3 Å². The van der Waals surface area contributed by atoms with E-state index in [9.17, 15) is 8.42 Å². The molecule has 2 aromatic heterocycles. The van der Waals surface area contributed by atoms with E-state index in [1.54, 1.807) is 18.3 Å². The van der Waals surface area contributed by atoms with Crippen LogP contribution in [0.4, 0.5) is 5.69 Å². The van der Waals surface area contributed by atoms with E-state index in [0.717, 1.165) is 11.5 Å². The van der Waals surface area contributed by atoms with Crippen molar-refractivity contribution in [1.82, 2.24) is 14.6 Å². The van der Waals surface area contributed by atoms with Gasteiger partial charge in [-0.15, -0.1) is 10.2 Å². The summed E-state index contributed by atoms with van der Waals surface area (Å²) >= 11 is 0. The molecule has 6 nitrogen and oxygen atoms in total. The first-order valence-corrected chi connectivity index (χ1v) is 7.65. The molecule has 1 aliphatic rings. The van der Waals surface area contributed by atoms with Crippen LogP contribution in [-0.4, -0.2) is 34.5 Å². The van der Waals surface area contributed by atoms with Gasteiger partial charge in [0.2, 0.25) is 0 Å². The molecule has 0 aliphatic carbocycles. The molecule has 0 saturated carbocycles. The van der Waals surface area contributed by atoms with E-state index in [1.807, 2.05) is 4.40 Å². The van der Waals surface area contributed by atoms with E-state index in [4.69, 9.17) is 5.73 Å². The zero-order valence-corrected chi connectivity index (χ0v) is 10.6. The fourth-order valence-electron chi connectivity index (χ4n) is 2.39. The first-order valence-electron chi connectivity index (χ1n) is 5.83. The number of anilines is 1. The first-order chi connectivity index (χ1) is 8.53. The molecule has 0 bridgehead atoms. The number of hydrogen-bond acceptors (Lipinski definition) is 5. The molecule has 2 N–H and O–H groups in total. The van der Waals surface area contributed by atoms with Gasteiger partial charge in [0.1, 0.15) is 5.82 Å². The standard InChI is InChI=1S/C11H14N4O2S/c12-9-1-2-10-13-14-11(15(10)6-9)5-8-3-4-18(16,17)7-8/h1-2,6,8H,3-5,7,12H2. The number of hydrogen-bond donors (Lipinski definition) is 1. The van der Waals surface area contributed by atoms with Crippen molar-refractivity contribution in [2.45, 2.75) is 12.8 Å². The zero-order valence-electron chi connectivity index (χ0n) is 9.78. The number of nitrogens with zero attached hydrogens (tertiary/aromatic N) is 3. The summed E-state index contributed by atoms with van der Waals surface area (Å²) in [6.07, 6.45) is 3.11. The minimum atomic E-state index is -2.84. The molecule has 3 heterocycles. The molecule has 0 amide bonds. The van der Waals surface area contributed by atoms with Gasteiger partial charge < -0.3 is 5.73 Å². The van der Waals surface area contributed by atoms with Crippen LogP contribution in [0.5, 0.6) is 0 Å². The van der Waals surface area contributed by atoms with Gasteiger partial charge in [0.15, 0.2) is 15.5 Å². The number of pyridine rings is 1. The number of aromatic nitrogens is 3. The highest BCUT2D eigenvalue weighted by molar-refractivity contribution is 7.91. The largest absolute Gasteiger partial charge is 0.398 e. The van der Waals surface area contributed by atoms with Gasteiger partial charge in [-0.1, -0.05) is 0 Å². The Hall–Kier alpha value is -1.63. The van der Waals surface area contributed by atoms with Crippen LogP contribution in [0.25, 0.3) is 5.65 Å². The molecule has 1 aliphatic heterocycles. The maximum atomic E-state index is 11.4. The lowest BCUT2D eigenvalue weighted by atomic mass is 10.1. The summed E-state index contributed by atoms with van der Waals surface area (Å²) in [4.78, 5) is 0. The zero-order chi connectivity index (χ0) is 12.8. The van der Waals surface area contributed by atoms with E-state index in [2.05, 4.69) is 10.2 Å². The second-order valence-corrected chi connectivity index (χ2v) is 7.01. The Morgan fingerprint density at radius 2 is 2.22 bits per heavy atom. The summed E-state index contributed by atoms with van der Waals surface area (Å²) in [7, 11) is -2.84. The van der Waals surface area contributed by atoms with Gasteiger partial charge in [0.25, 0.3) is 0 Å². The smallest absolute Gasteiger partial charge is 0.160 e. The number of fused-ring (bicyclic) bond motifs is 1. The van der Waals surface area contributed by atoms with Crippen molar-refractivity contribution in [3.63, 3.8) is 0 Å². The summed E-state index contributed by atoms with van der Waals surface area (Å²) in [5, 5.41) is 8.16. The van der Waals surface area contributed by atoms with Gasteiger partial charge >= 0.3 is 0 Å². The quantitative estimate of drug-likeness (QED) is 0.843. The van der Waals surface area contributed by atoms with E-state index < -0.39 is 9.84 Å². The minimum absolute atomic E-state index is 0.142.